The molecule has 0 aliphatic carbocycles. The normalized spacial score (nSPS) is 13.1. The van der Waals surface area contributed by atoms with E-state index in [0.717, 1.165) is 23.3 Å². The monoisotopic (exact) mass is 278 g/mol. The number of nitrogens with one attached hydrogen (secondary N) is 1. The van der Waals surface area contributed by atoms with E-state index in [1.54, 1.807) is 9.25 Å². The lowest BCUT2D eigenvalue weighted by atomic mass is 10.2. The van der Waals surface area contributed by atoms with Crippen LogP contribution in [0.15, 0.2) is 0 Å². The molecule has 0 radical (unpaired) electrons. The number of carbonyl (C=O) groups is 1. The number of nitrogens with zero attached hydrogens (tertiary/aromatic N) is 4. The molecular formula is C13H22N6O. The third kappa shape index (κ3) is 2.23. The molecule has 1 amide bonds. The smallest absolute Gasteiger partial charge is 0.243 e. The highest BCUT2D eigenvalue weighted by atomic mass is 16.2. The Morgan fingerprint density at radius 2 is 2.05 bits per heavy atom. The zero-order valence-electron chi connectivity index (χ0n) is 12.6. The third-order valence-electron chi connectivity index (χ3n) is 3.30. The van der Waals surface area contributed by atoms with Gasteiger partial charge in [0.2, 0.25) is 11.9 Å². The summed E-state index contributed by atoms with van der Waals surface area (Å²) in [6, 6.07) is -0.342. The maximum atomic E-state index is 12.2. The molecule has 2 aromatic rings. The molecule has 1 unspecified atom stereocenters. The van der Waals surface area contributed by atoms with Crippen molar-refractivity contribution in [3.8, 4) is 0 Å². The minimum Gasteiger partial charge on any atom is -0.369 e. The van der Waals surface area contributed by atoms with Crippen molar-refractivity contribution in [2.75, 3.05) is 5.73 Å². The Hall–Kier alpha value is -2.05. The molecule has 0 bridgehead atoms. The minimum absolute atomic E-state index is 0.0785. The van der Waals surface area contributed by atoms with Crippen LogP contribution in [-0.2, 0) is 18.3 Å². The molecule has 2 rings (SSSR count). The van der Waals surface area contributed by atoms with Gasteiger partial charge < -0.3 is 11.1 Å². The van der Waals surface area contributed by atoms with Crippen molar-refractivity contribution in [3.05, 3.63) is 5.69 Å². The fourth-order valence-corrected chi connectivity index (χ4v) is 2.36. The highest BCUT2D eigenvalue weighted by Gasteiger charge is 2.24. The molecule has 2 heterocycles. The quantitative estimate of drug-likeness (QED) is 0.873. The lowest BCUT2D eigenvalue weighted by molar-refractivity contribution is -0.124. The Morgan fingerprint density at radius 3 is 2.60 bits per heavy atom. The van der Waals surface area contributed by atoms with Crippen molar-refractivity contribution in [1.82, 2.24) is 24.6 Å². The summed E-state index contributed by atoms with van der Waals surface area (Å²) in [6.07, 6.45) is 0.778. The molecule has 110 valence electrons. The molecule has 0 fully saturated rings. The van der Waals surface area contributed by atoms with Gasteiger partial charge in [-0.2, -0.15) is 5.10 Å². The summed E-state index contributed by atoms with van der Waals surface area (Å²) in [5.41, 5.74) is 8.44. The maximum absolute atomic E-state index is 12.2. The van der Waals surface area contributed by atoms with Crippen molar-refractivity contribution in [2.24, 2.45) is 7.05 Å². The van der Waals surface area contributed by atoms with Crippen LogP contribution in [0.25, 0.3) is 11.2 Å². The average Bonchev–Trinajstić information content (AvgIpc) is 2.84. The van der Waals surface area contributed by atoms with Gasteiger partial charge >= 0.3 is 0 Å². The van der Waals surface area contributed by atoms with E-state index < -0.39 is 6.04 Å². The number of carbonyl (C=O) groups excluding carboxylic acids is 1. The number of hydrogen-bond donors (Lipinski definition) is 2. The van der Waals surface area contributed by atoms with Crippen molar-refractivity contribution < 1.29 is 4.79 Å². The number of nitrogens with two attached hydrogens (primary N) is 1. The number of fused-ring (bicyclic) bond motifs is 1. The fourth-order valence-electron chi connectivity index (χ4n) is 2.36. The molecule has 0 aliphatic heterocycles. The van der Waals surface area contributed by atoms with E-state index in [0.29, 0.717) is 5.95 Å². The summed E-state index contributed by atoms with van der Waals surface area (Å²) < 4.78 is 3.47. The van der Waals surface area contributed by atoms with Crippen LogP contribution < -0.4 is 11.1 Å². The van der Waals surface area contributed by atoms with Crippen LogP contribution in [0, 0.1) is 0 Å². The lowest BCUT2D eigenvalue weighted by Crippen LogP contribution is -2.36. The predicted molar refractivity (Wildman–Crippen MR) is 78.3 cm³/mol. The van der Waals surface area contributed by atoms with Crippen LogP contribution in [0.1, 0.15) is 39.4 Å². The summed E-state index contributed by atoms with van der Waals surface area (Å²) in [7, 11) is 1.84. The summed E-state index contributed by atoms with van der Waals surface area (Å²) in [5.74, 6) is 0.263. The Bertz CT molecular complexity index is 639. The Labute approximate surface area is 118 Å². The molecule has 0 aliphatic rings. The number of imidazole rings is 1. The summed E-state index contributed by atoms with van der Waals surface area (Å²) >= 11 is 0. The Kier molecular flexibility index (Phi) is 3.69. The summed E-state index contributed by atoms with van der Waals surface area (Å²) in [5, 5.41) is 7.31. The topological polar surface area (TPSA) is 90.8 Å². The van der Waals surface area contributed by atoms with Gasteiger partial charge in [0.15, 0.2) is 5.65 Å². The Morgan fingerprint density at radius 1 is 1.40 bits per heavy atom. The number of aromatic nitrogens is 4. The second-order valence-corrected chi connectivity index (χ2v) is 5.28. The molecule has 0 aromatic carbocycles. The second-order valence-electron chi connectivity index (χ2n) is 5.28. The van der Waals surface area contributed by atoms with Gasteiger partial charge in [-0.25, -0.2) is 4.98 Å². The first kappa shape index (κ1) is 14.4. The number of nitrogen functional groups attached to an aromatic ring is 1. The molecule has 20 heavy (non-hydrogen) atoms. The van der Waals surface area contributed by atoms with E-state index in [-0.39, 0.29) is 11.9 Å². The fraction of sp³-hybridized carbons (Fsp3) is 0.615. The first-order valence-corrected chi connectivity index (χ1v) is 6.86. The molecule has 7 nitrogen and oxygen atoms in total. The van der Waals surface area contributed by atoms with E-state index in [4.69, 9.17) is 5.73 Å². The molecule has 0 saturated heterocycles. The van der Waals surface area contributed by atoms with Gasteiger partial charge in [0.05, 0.1) is 5.69 Å². The number of anilines is 1. The zero-order chi connectivity index (χ0) is 15.0. The van der Waals surface area contributed by atoms with Crippen molar-refractivity contribution >= 4 is 23.0 Å². The number of rotatable bonds is 4. The van der Waals surface area contributed by atoms with Gasteiger partial charge in [0.1, 0.15) is 11.6 Å². The molecule has 2 aromatic heterocycles. The maximum Gasteiger partial charge on any atom is 0.243 e. The van der Waals surface area contributed by atoms with E-state index in [9.17, 15) is 4.79 Å². The van der Waals surface area contributed by atoms with Gasteiger partial charge in [0, 0.05) is 13.1 Å². The molecule has 7 heteroatoms. The van der Waals surface area contributed by atoms with Crippen LogP contribution in [0.4, 0.5) is 5.95 Å². The van der Waals surface area contributed by atoms with Gasteiger partial charge in [-0.3, -0.25) is 14.0 Å². The van der Waals surface area contributed by atoms with E-state index >= 15 is 0 Å². The minimum atomic E-state index is -0.428. The average molecular weight is 278 g/mol. The first-order chi connectivity index (χ1) is 9.36. The third-order valence-corrected chi connectivity index (χ3v) is 3.30. The van der Waals surface area contributed by atoms with Crippen LogP contribution in [-0.4, -0.2) is 31.3 Å². The van der Waals surface area contributed by atoms with Crippen LogP contribution in [0.5, 0.6) is 0 Å². The molecule has 3 N–H and O–H groups in total. The molecule has 0 spiro atoms. The van der Waals surface area contributed by atoms with E-state index in [2.05, 4.69) is 15.4 Å². The second kappa shape index (κ2) is 5.15. The van der Waals surface area contributed by atoms with Gasteiger partial charge in [0.25, 0.3) is 0 Å². The van der Waals surface area contributed by atoms with Crippen LogP contribution in [0.2, 0.25) is 0 Å². The molecule has 0 saturated carbocycles. The van der Waals surface area contributed by atoms with Gasteiger partial charge in [-0.1, -0.05) is 6.92 Å². The van der Waals surface area contributed by atoms with Gasteiger partial charge in [-0.05, 0) is 27.2 Å². The lowest BCUT2D eigenvalue weighted by Gasteiger charge is -2.17. The van der Waals surface area contributed by atoms with Crippen molar-refractivity contribution in [1.29, 1.82) is 0 Å². The SMILES string of the molecule is CCc1nn(C)c2c1nc(N)n2C(C)C(=O)NC(C)C. The number of aryl methyl sites for hydroxylation is 2. The predicted octanol–water partition coefficient (Wildman–Crippen LogP) is 1.000. The van der Waals surface area contributed by atoms with Crippen molar-refractivity contribution in [3.63, 3.8) is 0 Å². The molecular weight excluding hydrogens is 256 g/mol. The molecule has 1 atom stereocenters. The standard InChI is InChI=1S/C13H22N6O/c1-6-9-10-12(18(5)17-9)19(13(14)16-10)8(4)11(20)15-7(2)3/h7-8H,6H2,1-5H3,(H2,14,16)(H,15,20). The van der Waals surface area contributed by atoms with Gasteiger partial charge in [-0.15, -0.1) is 0 Å². The van der Waals surface area contributed by atoms with Crippen molar-refractivity contribution in [2.45, 2.75) is 46.2 Å². The highest BCUT2D eigenvalue weighted by molar-refractivity contribution is 5.85. The summed E-state index contributed by atoms with van der Waals surface area (Å²) in [6.45, 7) is 7.69. The largest absolute Gasteiger partial charge is 0.369 e. The highest BCUT2D eigenvalue weighted by Crippen LogP contribution is 2.25. The summed E-state index contributed by atoms with van der Waals surface area (Å²) in [4.78, 5) is 16.6. The number of hydrogen-bond acceptors (Lipinski definition) is 4. The first-order valence-electron chi connectivity index (χ1n) is 6.86. The van der Waals surface area contributed by atoms with E-state index in [1.165, 1.54) is 0 Å². The van der Waals surface area contributed by atoms with E-state index in [1.807, 2.05) is 34.7 Å². The van der Waals surface area contributed by atoms with Crippen LogP contribution >= 0.6 is 0 Å². The Balaban J connectivity index is 2.51. The zero-order valence-corrected chi connectivity index (χ0v) is 12.6. The van der Waals surface area contributed by atoms with Crippen LogP contribution in [0.3, 0.4) is 0 Å². The number of amides is 1.